The summed E-state index contributed by atoms with van der Waals surface area (Å²) in [6.07, 6.45) is 29.9. The van der Waals surface area contributed by atoms with Gasteiger partial charge in [-0.3, -0.25) is 18.6 Å². The van der Waals surface area contributed by atoms with Gasteiger partial charge in [0.15, 0.2) is 6.10 Å². The molecule has 1 rings (SSSR count). The van der Waals surface area contributed by atoms with Crippen LogP contribution in [0.3, 0.4) is 0 Å². The fraction of sp³-hybridized carbons (Fsp3) is 0.739. The van der Waals surface area contributed by atoms with E-state index in [0.717, 1.165) is 89.9 Å². The molecule has 1 fully saturated rings. The van der Waals surface area contributed by atoms with Crippen molar-refractivity contribution in [2.45, 2.75) is 204 Å². The van der Waals surface area contributed by atoms with E-state index in [4.69, 9.17) is 18.5 Å². The molecule has 0 radical (unpaired) electrons. The number of esters is 2. The van der Waals surface area contributed by atoms with Crippen molar-refractivity contribution in [3.8, 4) is 0 Å². The zero-order valence-corrected chi connectivity index (χ0v) is 37.4. The summed E-state index contributed by atoms with van der Waals surface area (Å²) < 4.78 is 33.4. The Balaban J connectivity index is 2.48. The van der Waals surface area contributed by atoms with E-state index in [-0.39, 0.29) is 12.8 Å². The summed E-state index contributed by atoms with van der Waals surface area (Å²) in [6.45, 7) is 3.12. The Kier molecular flexibility index (Phi) is 33.4. The van der Waals surface area contributed by atoms with Gasteiger partial charge in [0.2, 0.25) is 0 Å². The van der Waals surface area contributed by atoms with Gasteiger partial charge in [0, 0.05) is 12.8 Å². The van der Waals surface area contributed by atoms with Crippen LogP contribution >= 0.6 is 7.82 Å². The lowest BCUT2D eigenvalue weighted by atomic mass is 9.85. The highest BCUT2D eigenvalue weighted by atomic mass is 31.2. The highest BCUT2D eigenvalue weighted by molar-refractivity contribution is 7.47. The number of unbranched alkanes of at least 4 members (excludes halogenated alkanes) is 14. The average molecular weight is 871 g/mol. The van der Waals surface area contributed by atoms with E-state index >= 15 is 0 Å². The van der Waals surface area contributed by atoms with Crippen LogP contribution in [-0.2, 0) is 32.7 Å². The Hall–Kier alpha value is -2.45. The van der Waals surface area contributed by atoms with Gasteiger partial charge < -0.3 is 39.9 Å². The van der Waals surface area contributed by atoms with Gasteiger partial charge in [-0.1, -0.05) is 132 Å². The van der Waals surface area contributed by atoms with Gasteiger partial charge in [-0.25, -0.2) is 4.57 Å². The minimum absolute atomic E-state index is 0.0572. The van der Waals surface area contributed by atoms with Crippen LogP contribution in [0.25, 0.3) is 0 Å². The molecule has 0 aromatic rings. The molecule has 0 aliphatic heterocycles. The molecule has 0 aromatic carbocycles. The van der Waals surface area contributed by atoms with Crippen molar-refractivity contribution in [3.63, 3.8) is 0 Å². The number of aliphatic hydroxyl groups excluding tert-OH is 5. The first kappa shape index (κ1) is 55.6. The summed E-state index contributed by atoms with van der Waals surface area (Å²) in [7, 11) is -5.13. The summed E-state index contributed by atoms with van der Waals surface area (Å²) in [6, 6.07) is 0. The van der Waals surface area contributed by atoms with Gasteiger partial charge in [-0.2, -0.15) is 0 Å². The number of rotatable bonds is 36. The van der Waals surface area contributed by atoms with Crippen LogP contribution in [0.15, 0.2) is 60.8 Å². The SMILES string of the molecule is CC/C=C\C/C=C\C/C=C\CCCCCC(=O)OC(COC(=O)CCCCCCCCC/C=C\C/C=C\CCCCCC)COP(=O)(O)OC1C(O)C(O)C(O)C(O)C1O. The van der Waals surface area contributed by atoms with E-state index in [0.29, 0.717) is 12.8 Å². The third kappa shape index (κ3) is 28.2. The topological polar surface area (TPSA) is 210 Å². The van der Waals surface area contributed by atoms with E-state index in [2.05, 4.69) is 74.6 Å². The predicted octanol–water partition coefficient (Wildman–Crippen LogP) is 8.55. The van der Waals surface area contributed by atoms with Crippen molar-refractivity contribution in [2.24, 2.45) is 0 Å². The van der Waals surface area contributed by atoms with E-state index in [1.807, 2.05) is 0 Å². The van der Waals surface area contributed by atoms with Crippen molar-refractivity contribution in [1.29, 1.82) is 0 Å². The quantitative estimate of drug-likeness (QED) is 0.0151. The average Bonchev–Trinajstić information content (AvgIpc) is 3.23. The molecule has 346 valence electrons. The summed E-state index contributed by atoms with van der Waals surface area (Å²) >= 11 is 0. The molecule has 0 saturated heterocycles. The number of ether oxygens (including phenoxy) is 2. The lowest BCUT2D eigenvalue weighted by molar-refractivity contribution is -0.220. The number of carbonyl (C=O) groups is 2. The van der Waals surface area contributed by atoms with Crippen molar-refractivity contribution >= 4 is 19.8 Å². The van der Waals surface area contributed by atoms with Gasteiger partial charge in [-0.15, -0.1) is 0 Å². The molecule has 14 heteroatoms. The van der Waals surface area contributed by atoms with Gasteiger partial charge in [0.05, 0.1) is 6.61 Å². The third-order valence-electron chi connectivity index (χ3n) is 10.1. The van der Waals surface area contributed by atoms with Crippen LogP contribution in [0, 0.1) is 0 Å². The molecular weight excluding hydrogens is 791 g/mol. The number of hydrogen-bond acceptors (Lipinski definition) is 12. The number of carbonyl (C=O) groups excluding carboxylic acids is 2. The number of phosphoric acid groups is 1. The van der Waals surface area contributed by atoms with Gasteiger partial charge in [-0.05, 0) is 77.0 Å². The van der Waals surface area contributed by atoms with Crippen molar-refractivity contribution in [1.82, 2.24) is 0 Å². The van der Waals surface area contributed by atoms with E-state index in [1.165, 1.54) is 32.1 Å². The highest BCUT2D eigenvalue weighted by Gasteiger charge is 2.51. The lowest BCUT2D eigenvalue weighted by Gasteiger charge is -2.41. The summed E-state index contributed by atoms with van der Waals surface area (Å²) in [5.74, 6) is -1.15. The van der Waals surface area contributed by atoms with Crippen LogP contribution in [-0.4, -0.2) is 98.3 Å². The molecule has 0 heterocycles. The number of phosphoric ester groups is 1. The first-order chi connectivity index (χ1) is 28.9. The first-order valence-electron chi connectivity index (χ1n) is 22.6. The minimum Gasteiger partial charge on any atom is -0.462 e. The van der Waals surface area contributed by atoms with Crippen molar-refractivity contribution in [2.75, 3.05) is 13.2 Å². The Morgan fingerprint density at radius 3 is 1.47 bits per heavy atom. The standard InChI is InChI=1S/C46H79O13P/c1-3-5-7-9-11-13-15-17-18-19-20-21-23-24-26-28-30-32-34-39(47)56-36-38(37-57-60(54,55)59-46-44(52)42(50)41(49)43(51)45(46)53)58-40(48)35-33-31-29-27-25-22-16-14-12-10-8-6-4-2/h6,8,12-15,18-19,22,25,38,41-46,49-53H,3-5,7,9-11,16-17,20-21,23-24,26-37H2,1-2H3,(H,54,55)/b8-6-,14-12-,15-13-,19-18-,25-22-. The van der Waals surface area contributed by atoms with E-state index < -0.39 is 75.7 Å². The Morgan fingerprint density at radius 1 is 0.533 bits per heavy atom. The van der Waals surface area contributed by atoms with Crippen LogP contribution in [0.1, 0.15) is 162 Å². The predicted molar refractivity (Wildman–Crippen MR) is 235 cm³/mol. The molecule has 1 saturated carbocycles. The molecule has 6 atom stereocenters. The van der Waals surface area contributed by atoms with Crippen LogP contribution in [0.2, 0.25) is 0 Å². The number of hydrogen-bond donors (Lipinski definition) is 6. The van der Waals surface area contributed by atoms with Crippen LogP contribution < -0.4 is 0 Å². The summed E-state index contributed by atoms with van der Waals surface area (Å²) in [5, 5.41) is 50.1. The molecule has 60 heavy (non-hydrogen) atoms. The maximum absolute atomic E-state index is 12.8. The number of allylic oxidation sites excluding steroid dienone is 10. The molecule has 0 aromatic heterocycles. The molecule has 6 N–H and O–H groups in total. The Bertz CT molecular complexity index is 1280. The van der Waals surface area contributed by atoms with Crippen LogP contribution in [0.5, 0.6) is 0 Å². The molecule has 0 amide bonds. The fourth-order valence-corrected chi connectivity index (χ4v) is 7.42. The second kappa shape index (κ2) is 36.1. The zero-order valence-electron chi connectivity index (χ0n) is 36.5. The highest BCUT2D eigenvalue weighted by Crippen LogP contribution is 2.47. The number of aliphatic hydroxyl groups is 5. The first-order valence-corrected chi connectivity index (χ1v) is 24.1. The van der Waals surface area contributed by atoms with E-state index in [9.17, 15) is 44.6 Å². The lowest BCUT2D eigenvalue weighted by Crippen LogP contribution is -2.64. The monoisotopic (exact) mass is 871 g/mol. The largest absolute Gasteiger partial charge is 0.472 e. The Labute approximate surface area is 360 Å². The molecule has 1 aliphatic rings. The van der Waals surface area contributed by atoms with Gasteiger partial charge in [0.25, 0.3) is 0 Å². The van der Waals surface area contributed by atoms with Gasteiger partial charge >= 0.3 is 19.8 Å². The minimum atomic E-state index is -5.13. The van der Waals surface area contributed by atoms with Gasteiger partial charge in [0.1, 0.15) is 43.2 Å². The summed E-state index contributed by atoms with van der Waals surface area (Å²) in [4.78, 5) is 35.6. The Morgan fingerprint density at radius 2 is 0.950 bits per heavy atom. The maximum Gasteiger partial charge on any atom is 0.472 e. The zero-order chi connectivity index (χ0) is 44.3. The van der Waals surface area contributed by atoms with Crippen LogP contribution in [0.4, 0.5) is 0 Å². The molecule has 0 bridgehead atoms. The van der Waals surface area contributed by atoms with Crippen molar-refractivity contribution in [3.05, 3.63) is 60.8 Å². The molecule has 1 aliphatic carbocycles. The molecule has 6 unspecified atom stereocenters. The summed E-state index contributed by atoms with van der Waals surface area (Å²) in [5.41, 5.74) is 0. The smallest absolute Gasteiger partial charge is 0.462 e. The molecule has 0 spiro atoms. The second-order valence-corrected chi connectivity index (χ2v) is 16.9. The van der Waals surface area contributed by atoms with E-state index in [1.54, 1.807) is 0 Å². The fourth-order valence-electron chi connectivity index (χ4n) is 6.45. The molecular formula is C46H79O13P. The maximum atomic E-state index is 12.8. The second-order valence-electron chi connectivity index (χ2n) is 15.5. The normalized spacial score (nSPS) is 22.7. The molecule has 13 nitrogen and oxygen atoms in total. The van der Waals surface area contributed by atoms with Crippen molar-refractivity contribution < 1.29 is 63.1 Å². The third-order valence-corrected chi connectivity index (χ3v) is 11.1.